The van der Waals surface area contributed by atoms with Gasteiger partial charge in [-0.3, -0.25) is 4.79 Å². The molecule has 32 heavy (non-hydrogen) atoms. The van der Waals surface area contributed by atoms with Gasteiger partial charge in [0.2, 0.25) is 0 Å². The van der Waals surface area contributed by atoms with Crippen molar-refractivity contribution in [2.45, 2.75) is 38.8 Å². The standard InChI is InChI=1S/C23H27N3O5S/c1-6-31-22(29)16-13(4)24-19-18(20(27)26-23(25-19)32-11-12(2)3)17(16)14-7-9-15(10-8-14)21(28)30-5/h7-10,12,17H,6,11H2,1-5H3,(H2,24,25,26,27)/t17-/m1/s1. The van der Waals surface area contributed by atoms with Gasteiger partial charge in [0.25, 0.3) is 5.56 Å². The fourth-order valence-corrected chi connectivity index (χ4v) is 4.30. The van der Waals surface area contributed by atoms with Crippen LogP contribution in [0.2, 0.25) is 0 Å². The SMILES string of the molecule is CCOC(=O)C1=C(C)Nc2nc(SCC(C)C)[nH]c(=O)c2[C@@H]1c1ccc(C(=O)OC)cc1. The molecule has 170 valence electrons. The van der Waals surface area contributed by atoms with Crippen molar-refractivity contribution in [1.82, 2.24) is 9.97 Å². The summed E-state index contributed by atoms with van der Waals surface area (Å²) >= 11 is 1.47. The van der Waals surface area contributed by atoms with E-state index in [1.165, 1.54) is 18.9 Å². The Morgan fingerprint density at radius 2 is 1.88 bits per heavy atom. The van der Waals surface area contributed by atoms with Crippen molar-refractivity contribution in [1.29, 1.82) is 0 Å². The summed E-state index contributed by atoms with van der Waals surface area (Å²) in [6.07, 6.45) is 0. The van der Waals surface area contributed by atoms with Gasteiger partial charge >= 0.3 is 11.9 Å². The molecule has 1 aliphatic rings. The van der Waals surface area contributed by atoms with Crippen LogP contribution in [0.15, 0.2) is 45.5 Å². The second-order valence-corrected chi connectivity index (χ2v) is 8.78. The predicted molar refractivity (Wildman–Crippen MR) is 123 cm³/mol. The van der Waals surface area contributed by atoms with Crippen molar-refractivity contribution in [3.63, 3.8) is 0 Å². The Kier molecular flexibility index (Phi) is 7.40. The fourth-order valence-electron chi connectivity index (χ4n) is 3.49. The van der Waals surface area contributed by atoms with Gasteiger partial charge < -0.3 is 19.8 Å². The quantitative estimate of drug-likeness (QED) is 0.368. The van der Waals surface area contributed by atoms with Crippen LogP contribution in [0, 0.1) is 5.92 Å². The van der Waals surface area contributed by atoms with Crippen LogP contribution in [0.4, 0.5) is 5.82 Å². The molecule has 1 aromatic heterocycles. The van der Waals surface area contributed by atoms with Gasteiger partial charge in [-0.05, 0) is 37.5 Å². The number of hydrogen-bond donors (Lipinski definition) is 2. The van der Waals surface area contributed by atoms with Crippen LogP contribution in [0.3, 0.4) is 0 Å². The molecule has 8 nitrogen and oxygen atoms in total. The van der Waals surface area contributed by atoms with Gasteiger partial charge in [-0.15, -0.1) is 0 Å². The van der Waals surface area contributed by atoms with E-state index in [0.717, 1.165) is 5.75 Å². The molecule has 0 saturated heterocycles. The Hall–Kier alpha value is -3.07. The molecule has 1 aromatic carbocycles. The lowest BCUT2D eigenvalue weighted by atomic mass is 9.82. The third kappa shape index (κ3) is 4.88. The average molecular weight is 458 g/mol. The van der Waals surface area contributed by atoms with E-state index < -0.39 is 17.9 Å². The number of nitrogens with zero attached hydrogens (tertiary/aromatic N) is 1. The number of methoxy groups -OCH3 is 1. The van der Waals surface area contributed by atoms with E-state index in [-0.39, 0.29) is 12.2 Å². The Labute approximate surface area is 190 Å². The maximum Gasteiger partial charge on any atom is 0.337 e. The molecule has 0 fully saturated rings. The summed E-state index contributed by atoms with van der Waals surface area (Å²) in [5, 5.41) is 3.63. The molecule has 1 atom stereocenters. The fraction of sp³-hybridized carbons (Fsp3) is 0.391. The zero-order chi connectivity index (χ0) is 23.4. The Morgan fingerprint density at radius 3 is 2.47 bits per heavy atom. The highest BCUT2D eigenvalue weighted by Gasteiger charge is 2.36. The molecule has 2 heterocycles. The van der Waals surface area contributed by atoms with Gasteiger partial charge in [-0.25, -0.2) is 14.6 Å². The monoisotopic (exact) mass is 457 g/mol. The minimum absolute atomic E-state index is 0.204. The number of thioether (sulfide) groups is 1. The van der Waals surface area contributed by atoms with E-state index in [2.05, 4.69) is 29.1 Å². The van der Waals surface area contributed by atoms with Gasteiger partial charge in [-0.2, -0.15) is 0 Å². The highest BCUT2D eigenvalue weighted by Crippen LogP contribution is 2.40. The number of aromatic nitrogens is 2. The van der Waals surface area contributed by atoms with Crippen LogP contribution < -0.4 is 10.9 Å². The normalized spacial score (nSPS) is 15.2. The number of anilines is 1. The van der Waals surface area contributed by atoms with Gasteiger partial charge in [0.05, 0.1) is 36.3 Å². The minimum atomic E-state index is -0.697. The molecular weight excluding hydrogens is 430 g/mol. The van der Waals surface area contributed by atoms with E-state index in [1.807, 2.05) is 0 Å². The summed E-state index contributed by atoms with van der Waals surface area (Å²) < 4.78 is 10.0. The molecule has 0 spiro atoms. The minimum Gasteiger partial charge on any atom is -0.465 e. The first-order valence-electron chi connectivity index (χ1n) is 10.4. The Morgan fingerprint density at radius 1 is 1.19 bits per heavy atom. The number of benzene rings is 1. The van der Waals surface area contributed by atoms with Crippen LogP contribution in [0.25, 0.3) is 0 Å². The zero-order valence-corrected chi connectivity index (χ0v) is 19.6. The molecule has 0 radical (unpaired) electrons. The first-order valence-corrected chi connectivity index (χ1v) is 11.4. The third-order valence-corrected chi connectivity index (χ3v) is 6.23. The van der Waals surface area contributed by atoms with Crippen molar-refractivity contribution in [3.05, 3.63) is 62.6 Å². The first-order chi connectivity index (χ1) is 15.3. The molecule has 2 N–H and O–H groups in total. The summed E-state index contributed by atoms with van der Waals surface area (Å²) in [4.78, 5) is 45.3. The lowest BCUT2D eigenvalue weighted by Gasteiger charge is -2.29. The van der Waals surface area contributed by atoms with E-state index in [9.17, 15) is 14.4 Å². The number of rotatable bonds is 7. The summed E-state index contributed by atoms with van der Waals surface area (Å²) in [5.74, 6) is -0.0190. The van der Waals surface area contributed by atoms with E-state index >= 15 is 0 Å². The third-order valence-electron chi connectivity index (χ3n) is 4.93. The topological polar surface area (TPSA) is 110 Å². The lowest BCUT2D eigenvalue weighted by Crippen LogP contribution is -2.31. The number of carbonyl (C=O) groups excluding carboxylic acids is 2. The van der Waals surface area contributed by atoms with Crippen molar-refractivity contribution in [3.8, 4) is 0 Å². The maximum atomic E-state index is 13.2. The van der Waals surface area contributed by atoms with Crippen LogP contribution in [-0.2, 0) is 14.3 Å². The first kappa shape index (κ1) is 23.6. The summed E-state index contributed by atoms with van der Waals surface area (Å²) in [6, 6.07) is 6.63. The molecule has 2 aromatic rings. The molecule has 0 amide bonds. The van der Waals surface area contributed by atoms with Crippen LogP contribution >= 0.6 is 11.8 Å². The number of aromatic amines is 1. The van der Waals surface area contributed by atoms with Crippen LogP contribution in [0.5, 0.6) is 0 Å². The zero-order valence-electron chi connectivity index (χ0n) is 18.8. The number of fused-ring (bicyclic) bond motifs is 1. The molecule has 0 bridgehead atoms. The average Bonchev–Trinajstić information content (AvgIpc) is 2.76. The number of carbonyl (C=O) groups is 2. The molecule has 0 aliphatic carbocycles. The number of esters is 2. The number of ether oxygens (including phenoxy) is 2. The lowest BCUT2D eigenvalue weighted by molar-refractivity contribution is -0.138. The van der Waals surface area contributed by atoms with Crippen LogP contribution in [0.1, 0.15) is 55.1 Å². The number of nitrogens with one attached hydrogen (secondary N) is 2. The highest BCUT2D eigenvalue weighted by atomic mass is 32.2. The Balaban J connectivity index is 2.14. The second-order valence-electron chi connectivity index (χ2n) is 7.77. The van der Waals surface area contributed by atoms with E-state index in [0.29, 0.717) is 44.9 Å². The molecular formula is C23H27N3O5S. The Bertz CT molecular complexity index is 1110. The molecule has 3 rings (SSSR count). The number of H-pyrrole nitrogens is 1. The molecule has 0 saturated carbocycles. The summed E-state index contributed by atoms with van der Waals surface area (Å²) in [5.41, 5.74) is 1.94. The molecule has 0 unspecified atom stereocenters. The number of hydrogen-bond acceptors (Lipinski definition) is 8. The van der Waals surface area contributed by atoms with Crippen molar-refractivity contribution >= 4 is 29.5 Å². The summed E-state index contributed by atoms with van der Waals surface area (Å²) in [7, 11) is 1.31. The van der Waals surface area contributed by atoms with Crippen LogP contribution in [-0.4, -0.2) is 41.4 Å². The second kappa shape index (κ2) is 10.0. The number of allylic oxidation sites excluding steroid dienone is 1. The van der Waals surface area contributed by atoms with Crippen molar-refractivity contribution < 1.29 is 19.1 Å². The van der Waals surface area contributed by atoms with Gasteiger partial charge in [0.15, 0.2) is 5.16 Å². The van der Waals surface area contributed by atoms with Gasteiger partial charge in [-0.1, -0.05) is 37.7 Å². The smallest absolute Gasteiger partial charge is 0.337 e. The maximum absolute atomic E-state index is 13.2. The molecule has 9 heteroatoms. The van der Waals surface area contributed by atoms with E-state index in [4.69, 9.17) is 9.47 Å². The van der Waals surface area contributed by atoms with Gasteiger partial charge in [0, 0.05) is 11.4 Å². The predicted octanol–water partition coefficient (Wildman–Crippen LogP) is 3.70. The highest BCUT2D eigenvalue weighted by molar-refractivity contribution is 7.99. The molecule has 1 aliphatic heterocycles. The summed E-state index contributed by atoms with van der Waals surface area (Å²) in [6.45, 7) is 7.87. The largest absolute Gasteiger partial charge is 0.465 e. The van der Waals surface area contributed by atoms with Crippen molar-refractivity contribution in [2.24, 2.45) is 5.92 Å². The van der Waals surface area contributed by atoms with E-state index in [1.54, 1.807) is 38.1 Å². The van der Waals surface area contributed by atoms with Gasteiger partial charge in [0.1, 0.15) is 5.82 Å². The van der Waals surface area contributed by atoms with Crippen molar-refractivity contribution in [2.75, 3.05) is 24.8 Å².